The van der Waals surface area contributed by atoms with Crippen LogP contribution in [0.1, 0.15) is 74.5 Å². The summed E-state index contributed by atoms with van der Waals surface area (Å²) in [6, 6.07) is 25.5. The molecule has 4 aromatic carbocycles. The average molecular weight is 906 g/mol. The molecule has 2 amide bonds. The number of carbonyl (C=O) groups excluding carboxylic acids is 2. The number of aromatic nitrogens is 3. The number of nitrogens with one attached hydrogen (secondary N) is 3. The Hall–Kier alpha value is -6.90. The average Bonchev–Trinajstić information content (AvgIpc) is 3.72. The lowest BCUT2D eigenvalue weighted by molar-refractivity contribution is 0.0930. The highest BCUT2D eigenvalue weighted by atomic mass is 16.5. The van der Waals surface area contributed by atoms with E-state index in [0.29, 0.717) is 34.7 Å². The van der Waals surface area contributed by atoms with E-state index in [1.807, 2.05) is 121 Å². The molecule has 0 bridgehead atoms. The standard InChI is InChI=1S/C53H63N9O5/c1-32-11-13-44(60-30-45(31-60)58(6)7)22-48(32)52(64)56-34(3)37-16-39(20-46(18-37)66-9)36-12-14-51(63)62(26-36)27-41-15-33(2)49(23-50(41)61-28-43(29-61)54-5)53(65)57-35(4)38-17-40(21-47(19-38)67-10)42-24-55-59(8)25-42/h11-26,34-35,43,45,54H,27-31H2,1-10H3,(H,56,64)(H,57,65)/t34-,35-/m1/s1. The van der Waals surface area contributed by atoms with Gasteiger partial charge in [0.25, 0.3) is 17.4 Å². The maximum Gasteiger partial charge on any atom is 0.252 e. The summed E-state index contributed by atoms with van der Waals surface area (Å²) in [5, 5.41) is 14.1. The molecule has 2 aromatic heterocycles. The Morgan fingerprint density at radius 1 is 0.731 bits per heavy atom. The van der Waals surface area contributed by atoms with Crippen LogP contribution in [0.15, 0.2) is 102 Å². The van der Waals surface area contributed by atoms with Gasteiger partial charge in [-0.1, -0.05) is 12.1 Å². The van der Waals surface area contributed by atoms with Crippen molar-refractivity contribution in [1.29, 1.82) is 0 Å². The number of aryl methyl sites for hydroxylation is 3. The van der Waals surface area contributed by atoms with Crippen LogP contribution in [0.5, 0.6) is 11.5 Å². The fraction of sp³-hybridized carbons (Fsp3) is 0.358. The number of methoxy groups -OCH3 is 2. The molecule has 2 saturated heterocycles. The molecule has 4 heterocycles. The molecule has 2 fully saturated rings. The topological polar surface area (TPSA) is 138 Å². The van der Waals surface area contributed by atoms with E-state index in [1.54, 1.807) is 29.5 Å². The van der Waals surface area contributed by atoms with E-state index >= 15 is 0 Å². The normalized spacial score (nSPS) is 14.9. The number of nitrogens with zero attached hydrogens (tertiary/aromatic N) is 6. The zero-order valence-electron chi connectivity index (χ0n) is 40.3. The van der Waals surface area contributed by atoms with Crippen LogP contribution >= 0.6 is 0 Å². The summed E-state index contributed by atoms with van der Waals surface area (Å²) in [5.74, 6) is 0.987. The second-order valence-corrected chi connectivity index (χ2v) is 18.4. The van der Waals surface area contributed by atoms with Crippen LogP contribution in [-0.2, 0) is 13.6 Å². The van der Waals surface area contributed by atoms with Gasteiger partial charge in [0, 0.05) is 91.8 Å². The van der Waals surface area contributed by atoms with Gasteiger partial charge in [-0.05, 0) is 154 Å². The maximum atomic E-state index is 14.2. The summed E-state index contributed by atoms with van der Waals surface area (Å²) in [5.41, 5.74) is 11.0. The van der Waals surface area contributed by atoms with Gasteiger partial charge in [-0.25, -0.2) is 0 Å². The number of ether oxygens (including phenoxy) is 2. The molecule has 6 aromatic rings. The molecule has 2 aliphatic rings. The summed E-state index contributed by atoms with van der Waals surface area (Å²) in [6.45, 7) is 11.5. The minimum atomic E-state index is -0.348. The minimum absolute atomic E-state index is 0.144. The number of likely N-dealkylation sites (N-methyl/N-ethyl adjacent to an activating group) is 2. The molecule has 3 N–H and O–H groups in total. The van der Waals surface area contributed by atoms with Gasteiger partial charge in [0.15, 0.2) is 0 Å². The van der Waals surface area contributed by atoms with Crippen molar-refractivity contribution in [1.82, 2.24) is 35.2 Å². The largest absolute Gasteiger partial charge is 0.497 e. The first-order valence-electron chi connectivity index (χ1n) is 22.9. The number of rotatable bonds is 16. The third-order valence-corrected chi connectivity index (χ3v) is 13.4. The highest BCUT2D eigenvalue weighted by Crippen LogP contribution is 2.34. The molecule has 2 aliphatic heterocycles. The number of hydrogen-bond acceptors (Lipinski definition) is 10. The molecule has 2 atom stereocenters. The van der Waals surface area contributed by atoms with Crippen LogP contribution in [0.4, 0.5) is 11.4 Å². The summed E-state index contributed by atoms with van der Waals surface area (Å²) in [4.78, 5) is 48.4. The molecular formula is C53H63N9O5. The minimum Gasteiger partial charge on any atom is -0.497 e. The van der Waals surface area contributed by atoms with Crippen LogP contribution in [0.2, 0.25) is 0 Å². The number of carbonyl (C=O) groups is 2. The van der Waals surface area contributed by atoms with E-state index in [2.05, 4.69) is 62.0 Å². The second kappa shape index (κ2) is 19.5. The highest BCUT2D eigenvalue weighted by Gasteiger charge is 2.30. The molecule has 0 spiro atoms. The summed E-state index contributed by atoms with van der Waals surface area (Å²) >= 11 is 0. The molecule has 0 unspecified atom stereocenters. The summed E-state index contributed by atoms with van der Waals surface area (Å²) in [6.07, 6.45) is 5.63. The van der Waals surface area contributed by atoms with Crippen molar-refractivity contribution in [3.8, 4) is 33.8 Å². The first-order valence-corrected chi connectivity index (χ1v) is 22.9. The Kier molecular flexibility index (Phi) is 13.6. The molecule has 0 aliphatic carbocycles. The lowest BCUT2D eigenvalue weighted by Crippen LogP contribution is -2.57. The van der Waals surface area contributed by atoms with Crippen molar-refractivity contribution in [2.45, 2.75) is 58.4 Å². The Labute approximate surface area is 393 Å². The SMILES string of the molecule is CNC1CN(c2cc(C(=O)N[C@H](C)c3cc(OC)cc(-c4cnn(C)c4)c3)c(C)cc2Cn2cc(-c3cc(OC)cc([C@@H](C)NC(=O)c4cc(N5CC(N(C)C)C5)ccc4C)c3)ccc2=O)C1. The van der Waals surface area contributed by atoms with Crippen molar-refractivity contribution in [3.05, 3.63) is 147 Å². The van der Waals surface area contributed by atoms with E-state index in [0.717, 1.165) is 87.6 Å². The number of amides is 2. The zero-order chi connectivity index (χ0) is 47.7. The fourth-order valence-corrected chi connectivity index (χ4v) is 8.93. The quantitative estimate of drug-likeness (QED) is 0.0959. The maximum absolute atomic E-state index is 14.2. The first-order chi connectivity index (χ1) is 32.1. The number of anilines is 2. The van der Waals surface area contributed by atoms with Crippen LogP contribution in [0.25, 0.3) is 22.3 Å². The third kappa shape index (κ3) is 10.1. The van der Waals surface area contributed by atoms with Crippen molar-refractivity contribution in [3.63, 3.8) is 0 Å². The van der Waals surface area contributed by atoms with Crippen molar-refractivity contribution in [2.24, 2.45) is 7.05 Å². The Bertz CT molecular complexity index is 2860. The highest BCUT2D eigenvalue weighted by molar-refractivity contribution is 5.98. The van der Waals surface area contributed by atoms with Gasteiger partial charge >= 0.3 is 0 Å². The van der Waals surface area contributed by atoms with Gasteiger partial charge in [0.05, 0.1) is 39.0 Å². The lowest BCUT2D eigenvalue weighted by atomic mass is 9.97. The number of pyridine rings is 1. The molecule has 67 heavy (non-hydrogen) atoms. The van der Waals surface area contributed by atoms with Gasteiger partial charge < -0.3 is 44.7 Å². The molecule has 8 rings (SSSR count). The van der Waals surface area contributed by atoms with E-state index in [9.17, 15) is 14.4 Å². The van der Waals surface area contributed by atoms with Crippen LogP contribution < -0.4 is 40.8 Å². The first kappa shape index (κ1) is 46.6. The smallest absolute Gasteiger partial charge is 0.252 e. The van der Waals surface area contributed by atoms with Gasteiger partial charge in [0.2, 0.25) is 0 Å². The molecule has 14 heteroatoms. The summed E-state index contributed by atoms with van der Waals surface area (Å²) < 4.78 is 14.9. The number of hydrogen-bond donors (Lipinski definition) is 3. The van der Waals surface area contributed by atoms with E-state index in [4.69, 9.17) is 9.47 Å². The molecule has 0 saturated carbocycles. The predicted molar refractivity (Wildman–Crippen MR) is 266 cm³/mol. The third-order valence-electron chi connectivity index (χ3n) is 13.4. The van der Waals surface area contributed by atoms with Crippen molar-refractivity contribution in [2.75, 3.05) is 71.3 Å². The fourth-order valence-electron chi connectivity index (χ4n) is 8.93. The van der Waals surface area contributed by atoms with E-state index in [1.165, 1.54) is 0 Å². The molecular weight excluding hydrogens is 843 g/mol. The van der Waals surface area contributed by atoms with Gasteiger partial charge in [-0.2, -0.15) is 5.10 Å². The molecule has 350 valence electrons. The van der Waals surface area contributed by atoms with Gasteiger partial charge in [-0.3, -0.25) is 19.1 Å². The van der Waals surface area contributed by atoms with Crippen molar-refractivity contribution >= 4 is 23.2 Å². The Morgan fingerprint density at radius 2 is 1.34 bits per heavy atom. The second-order valence-electron chi connectivity index (χ2n) is 18.4. The summed E-state index contributed by atoms with van der Waals surface area (Å²) in [7, 11) is 11.3. The Balaban J connectivity index is 1.03. The van der Waals surface area contributed by atoms with Gasteiger partial charge in [-0.15, -0.1) is 0 Å². The van der Waals surface area contributed by atoms with E-state index < -0.39 is 0 Å². The molecule has 0 radical (unpaired) electrons. The zero-order valence-corrected chi connectivity index (χ0v) is 40.3. The van der Waals surface area contributed by atoms with E-state index in [-0.39, 0.29) is 36.0 Å². The lowest BCUT2D eigenvalue weighted by Gasteiger charge is -2.44. The monoisotopic (exact) mass is 905 g/mol. The molecule has 14 nitrogen and oxygen atoms in total. The number of benzene rings is 4. The van der Waals surface area contributed by atoms with Crippen LogP contribution in [0, 0.1) is 13.8 Å². The Morgan fingerprint density at radius 3 is 1.91 bits per heavy atom. The van der Waals surface area contributed by atoms with Crippen LogP contribution in [0.3, 0.4) is 0 Å². The van der Waals surface area contributed by atoms with Crippen molar-refractivity contribution < 1.29 is 19.1 Å². The predicted octanol–water partition coefficient (Wildman–Crippen LogP) is 6.74. The van der Waals surface area contributed by atoms with Gasteiger partial charge in [0.1, 0.15) is 11.5 Å². The van der Waals surface area contributed by atoms with Crippen LogP contribution in [-0.4, -0.2) is 105 Å².